The van der Waals surface area contributed by atoms with Crippen molar-refractivity contribution in [3.05, 3.63) is 38.7 Å². The molecular weight excluding hydrogens is 326 g/mol. The predicted octanol–water partition coefficient (Wildman–Crippen LogP) is 0.472. The fourth-order valence-corrected chi connectivity index (χ4v) is 2.28. The van der Waals surface area contributed by atoms with Crippen LogP contribution in [0.15, 0.2) is 21.3 Å². The first-order valence-corrected chi connectivity index (χ1v) is 7.21. The van der Waals surface area contributed by atoms with E-state index in [4.69, 9.17) is 21.1 Å². The van der Waals surface area contributed by atoms with E-state index >= 15 is 0 Å². The average Bonchev–Trinajstić information content (AvgIpc) is 2.51. The van der Waals surface area contributed by atoms with Gasteiger partial charge >= 0.3 is 5.63 Å². The minimum absolute atomic E-state index is 0.107. The van der Waals surface area contributed by atoms with Crippen LogP contribution in [0.25, 0.3) is 11.0 Å². The van der Waals surface area contributed by atoms with Gasteiger partial charge in [0.05, 0.1) is 29.7 Å². The van der Waals surface area contributed by atoms with Gasteiger partial charge in [-0.2, -0.15) is 0 Å². The number of benzene rings is 1. The molecule has 0 aliphatic rings. The molecule has 0 aliphatic carbocycles. The second kappa shape index (κ2) is 6.99. The molecule has 1 amide bonds. The first kappa shape index (κ1) is 17.3. The standard InChI is InChI=1S/C15H16ClNO6/c1-7-9-2-11(16)12(20)4-13(9)23-15(22)10(7)3-14(21)17-5-8(19)6-18/h2,4,8,18-20H,3,5-6H2,1H3,(H,17,21). The smallest absolute Gasteiger partial charge is 0.340 e. The highest BCUT2D eigenvalue weighted by Gasteiger charge is 2.16. The SMILES string of the molecule is Cc1c(CC(=O)NCC(O)CO)c(=O)oc2cc(O)c(Cl)cc12. The number of hydrogen-bond donors (Lipinski definition) is 4. The number of fused-ring (bicyclic) bond motifs is 1. The number of nitrogens with one attached hydrogen (secondary N) is 1. The van der Waals surface area contributed by atoms with Crippen molar-refractivity contribution >= 4 is 28.5 Å². The summed E-state index contributed by atoms with van der Waals surface area (Å²) in [7, 11) is 0. The molecule has 1 heterocycles. The number of halogens is 1. The van der Waals surface area contributed by atoms with Crippen LogP contribution >= 0.6 is 11.6 Å². The van der Waals surface area contributed by atoms with Crippen molar-refractivity contribution < 1.29 is 24.5 Å². The summed E-state index contributed by atoms with van der Waals surface area (Å²) in [5.74, 6) is -0.692. The molecule has 0 saturated heterocycles. The first-order valence-electron chi connectivity index (χ1n) is 6.84. The minimum Gasteiger partial charge on any atom is -0.506 e. The Balaban J connectivity index is 2.32. The Morgan fingerprint density at radius 2 is 2.13 bits per heavy atom. The Morgan fingerprint density at radius 1 is 1.43 bits per heavy atom. The van der Waals surface area contributed by atoms with Crippen molar-refractivity contribution in [2.45, 2.75) is 19.4 Å². The number of amides is 1. The zero-order chi connectivity index (χ0) is 17.1. The van der Waals surface area contributed by atoms with E-state index in [1.807, 2.05) is 0 Å². The molecule has 1 aromatic heterocycles. The van der Waals surface area contributed by atoms with E-state index in [0.717, 1.165) is 0 Å². The molecule has 23 heavy (non-hydrogen) atoms. The second-order valence-electron chi connectivity index (χ2n) is 5.11. The van der Waals surface area contributed by atoms with E-state index in [2.05, 4.69) is 5.32 Å². The van der Waals surface area contributed by atoms with Crippen LogP contribution in [0.1, 0.15) is 11.1 Å². The zero-order valence-corrected chi connectivity index (χ0v) is 13.1. The van der Waals surface area contributed by atoms with Gasteiger partial charge in [-0.25, -0.2) is 4.79 Å². The number of hydrogen-bond acceptors (Lipinski definition) is 6. The van der Waals surface area contributed by atoms with Gasteiger partial charge in [-0.1, -0.05) is 11.6 Å². The van der Waals surface area contributed by atoms with Gasteiger partial charge in [0.15, 0.2) is 0 Å². The maximum absolute atomic E-state index is 12.0. The monoisotopic (exact) mass is 341 g/mol. The number of carbonyl (C=O) groups excluding carboxylic acids is 1. The van der Waals surface area contributed by atoms with Gasteiger partial charge in [-0.3, -0.25) is 4.79 Å². The van der Waals surface area contributed by atoms with Crippen LogP contribution < -0.4 is 10.9 Å². The van der Waals surface area contributed by atoms with Crippen molar-refractivity contribution in [3.63, 3.8) is 0 Å². The molecule has 0 spiro atoms. The van der Waals surface area contributed by atoms with E-state index in [9.17, 15) is 19.8 Å². The lowest BCUT2D eigenvalue weighted by molar-refractivity contribution is -0.121. The summed E-state index contributed by atoms with van der Waals surface area (Å²) in [4.78, 5) is 23.9. The molecule has 4 N–H and O–H groups in total. The van der Waals surface area contributed by atoms with Crippen molar-refractivity contribution in [2.75, 3.05) is 13.2 Å². The fraction of sp³-hybridized carbons (Fsp3) is 0.333. The summed E-state index contributed by atoms with van der Waals surface area (Å²) in [5, 5.41) is 30.5. The van der Waals surface area contributed by atoms with Gasteiger partial charge in [0.1, 0.15) is 11.3 Å². The molecule has 0 aliphatic heterocycles. The summed E-state index contributed by atoms with van der Waals surface area (Å²) in [6.07, 6.45) is -1.30. The third-order valence-electron chi connectivity index (χ3n) is 3.44. The maximum Gasteiger partial charge on any atom is 0.340 e. The molecule has 7 nitrogen and oxygen atoms in total. The Bertz CT molecular complexity index is 801. The largest absolute Gasteiger partial charge is 0.506 e. The highest BCUT2D eigenvalue weighted by molar-refractivity contribution is 6.32. The summed E-state index contributed by atoms with van der Waals surface area (Å²) in [6, 6.07) is 2.70. The Hall–Kier alpha value is -2.09. The van der Waals surface area contributed by atoms with Gasteiger partial charge in [0.25, 0.3) is 0 Å². The fourth-order valence-electron chi connectivity index (χ4n) is 2.12. The number of carbonyl (C=O) groups is 1. The first-order chi connectivity index (χ1) is 10.8. The number of phenolic OH excluding ortho intramolecular Hbond substituents is 1. The van der Waals surface area contributed by atoms with E-state index in [1.165, 1.54) is 12.1 Å². The predicted molar refractivity (Wildman–Crippen MR) is 83.7 cm³/mol. The van der Waals surface area contributed by atoms with Gasteiger partial charge in [0, 0.05) is 18.0 Å². The molecule has 1 unspecified atom stereocenters. The lowest BCUT2D eigenvalue weighted by atomic mass is 10.0. The molecule has 0 bridgehead atoms. The Kier molecular flexibility index (Phi) is 5.25. The Labute approximate surface area is 136 Å². The lowest BCUT2D eigenvalue weighted by Gasteiger charge is -2.11. The number of aromatic hydroxyl groups is 1. The van der Waals surface area contributed by atoms with Crippen LogP contribution in [-0.4, -0.2) is 40.5 Å². The number of rotatable bonds is 5. The van der Waals surface area contributed by atoms with E-state index in [0.29, 0.717) is 10.9 Å². The molecule has 1 aromatic carbocycles. The number of aryl methyl sites for hydroxylation is 1. The van der Waals surface area contributed by atoms with Crippen molar-refractivity contribution in [1.29, 1.82) is 0 Å². The highest BCUT2D eigenvalue weighted by atomic mass is 35.5. The summed E-state index contributed by atoms with van der Waals surface area (Å²) in [5.41, 5.74) is 0.176. The zero-order valence-electron chi connectivity index (χ0n) is 12.3. The lowest BCUT2D eigenvalue weighted by Crippen LogP contribution is -2.35. The topological polar surface area (TPSA) is 120 Å². The van der Waals surface area contributed by atoms with Gasteiger partial charge in [-0.05, 0) is 18.6 Å². The van der Waals surface area contributed by atoms with Gasteiger partial charge in [0.2, 0.25) is 5.91 Å². The molecule has 0 radical (unpaired) electrons. The van der Waals surface area contributed by atoms with Crippen molar-refractivity contribution in [1.82, 2.24) is 5.32 Å². The normalized spacial score (nSPS) is 12.3. The van der Waals surface area contributed by atoms with Crippen LogP contribution in [0.3, 0.4) is 0 Å². The van der Waals surface area contributed by atoms with Crippen LogP contribution in [0.5, 0.6) is 5.75 Å². The molecule has 2 aromatic rings. The third kappa shape index (κ3) is 3.82. The molecule has 0 fully saturated rings. The second-order valence-corrected chi connectivity index (χ2v) is 5.52. The van der Waals surface area contributed by atoms with E-state index < -0.39 is 24.2 Å². The third-order valence-corrected chi connectivity index (χ3v) is 3.74. The van der Waals surface area contributed by atoms with Gasteiger partial charge < -0.3 is 25.1 Å². The quantitative estimate of drug-likeness (QED) is 0.587. The minimum atomic E-state index is -1.06. The highest BCUT2D eigenvalue weighted by Crippen LogP contribution is 2.30. The number of phenols is 1. The summed E-state index contributed by atoms with van der Waals surface area (Å²) >= 11 is 5.86. The van der Waals surface area contributed by atoms with Crippen LogP contribution in [0.2, 0.25) is 5.02 Å². The van der Waals surface area contributed by atoms with Crippen LogP contribution in [0.4, 0.5) is 0 Å². The average molecular weight is 342 g/mol. The van der Waals surface area contributed by atoms with Crippen LogP contribution in [0, 0.1) is 6.92 Å². The molecule has 8 heteroatoms. The maximum atomic E-state index is 12.0. The molecule has 2 rings (SSSR count). The number of aliphatic hydroxyl groups excluding tert-OH is 2. The molecule has 1 atom stereocenters. The van der Waals surface area contributed by atoms with E-state index in [1.54, 1.807) is 6.92 Å². The van der Waals surface area contributed by atoms with E-state index in [-0.39, 0.29) is 34.9 Å². The molecule has 124 valence electrons. The van der Waals surface area contributed by atoms with Crippen molar-refractivity contribution in [2.24, 2.45) is 0 Å². The molecular formula is C15H16ClNO6. The van der Waals surface area contributed by atoms with Crippen molar-refractivity contribution in [3.8, 4) is 5.75 Å². The Morgan fingerprint density at radius 3 is 2.78 bits per heavy atom. The van der Waals surface area contributed by atoms with Gasteiger partial charge in [-0.15, -0.1) is 0 Å². The summed E-state index contributed by atoms with van der Waals surface area (Å²) in [6.45, 7) is 1.06. The molecule has 0 saturated carbocycles. The van der Waals surface area contributed by atoms with Crippen LogP contribution in [-0.2, 0) is 11.2 Å². The number of aliphatic hydroxyl groups is 2. The summed E-state index contributed by atoms with van der Waals surface area (Å²) < 4.78 is 5.11.